The molecule has 0 spiro atoms. The third-order valence-corrected chi connectivity index (χ3v) is 5.59. The summed E-state index contributed by atoms with van der Waals surface area (Å²) in [4.78, 5) is 10.8. The maximum Gasteiger partial charge on any atom is 0.115 e. The Labute approximate surface area is 168 Å². The molecular weight excluding hydrogens is 354 g/mol. The Morgan fingerprint density at radius 1 is 0.517 bits per heavy atom. The summed E-state index contributed by atoms with van der Waals surface area (Å²) in [7, 11) is 0. The van der Waals surface area contributed by atoms with Crippen LogP contribution in [0.15, 0.2) is 104 Å². The molecule has 1 aliphatic carbocycles. The highest BCUT2D eigenvalue weighted by Gasteiger charge is 2.24. The van der Waals surface area contributed by atoms with Crippen LogP contribution < -0.4 is 4.90 Å². The first-order valence-corrected chi connectivity index (χ1v) is 9.67. The number of anilines is 3. The van der Waals surface area contributed by atoms with Gasteiger partial charge in [0.15, 0.2) is 0 Å². The molecule has 3 heteroatoms. The highest BCUT2D eigenvalue weighted by Crippen LogP contribution is 2.50. The van der Waals surface area contributed by atoms with Crippen LogP contribution in [0.3, 0.4) is 0 Å². The predicted molar refractivity (Wildman–Crippen MR) is 119 cm³/mol. The fourth-order valence-electron chi connectivity index (χ4n) is 4.40. The number of aromatic nitrogens is 2. The molecule has 0 atom stereocenters. The van der Waals surface area contributed by atoms with E-state index in [1.807, 2.05) is 18.5 Å². The van der Waals surface area contributed by atoms with E-state index in [2.05, 4.69) is 93.7 Å². The molecule has 0 saturated carbocycles. The molecule has 4 aromatic carbocycles. The lowest BCUT2D eigenvalue weighted by Crippen LogP contribution is -2.11. The van der Waals surface area contributed by atoms with Crippen molar-refractivity contribution in [2.75, 3.05) is 4.90 Å². The van der Waals surface area contributed by atoms with Crippen molar-refractivity contribution in [3.63, 3.8) is 0 Å². The number of para-hydroxylation sites is 1. The third kappa shape index (κ3) is 2.38. The first kappa shape index (κ1) is 16.0. The summed E-state index contributed by atoms with van der Waals surface area (Å²) < 4.78 is 0. The molecule has 29 heavy (non-hydrogen) atoms. The van der Waals surface area contributed by atoms with Crippen LogP contribution in [0.2, 0.25) is 0 Å². The minimum atomic E-state index is 0.940. The Morgan fingerprint density at radius 3 is 1.93 bits per heavy atom. The zero-order chi connectivity index (χ0) is 19.2. The van der Waals surface area contributed by atoms with Gasteiger partial charge in [-0.25, -0.2) is 9.97 Å². The maximum atomic E-state index is 4.26. The number of hydrogen-bond acceptors (Lipinski definition) is 3. The second-order valence-electron chi connectivity index (χ2n) is 7.17. The van der Waals surface area contributed by atoms with Gasteiger partial charge in [-0.15, -0.1) is 0 Å². The summed E-state index contributed by atoms with van der Waals surface area (Å²) in [5, 5.41) is 2.54. The van der Waals surface area contributed by atoms with Crippen molar-refractivity contribution in [3.8, 4) is 22.3 Å². The Morgan fingerprint density at radius 2 is 1.17 bits per heavy atom. The van der Waals surface area contributed by atoms with Gasteiger partial charge in [-0.2, -0.15) is 0 Å². The van der Waals surface area contributed by atoms with Crippen LogP contribution >= 0.6 is 0 Å². The lowest BCUT2D eigenvalue weighted by Gasteiger charge is -2.26. The molecule has 0 unspecified atom stereocenters. The topological polar surface area (TPSA) is 29.0 Å². The summed E-state index contributed by atoms with van der Waals surface area (Å²) in [5.74, 6) is 0. The first-order valence-electron chi connectivity index (χ1n) is 9.67. The van der Waals surface area contributed by atoms with Crippen molar-refractivity contribution >= 4 is 27.8 Å². The highest BCUT2D eigenvalue weighted by molar-refractivity contribution is 6.19. The number of hydrogen-bond donors (Lipinski definition) is 0. The lowest BCUT2D eigenvalue weighted by molar-refractivity contribution is 1.13. The van der Waals surface area contributed by atoms with Gasteiger partial charge in [0.2, 0.25) is 0 Å². The molecule has 1 heterocycles. The van der Waals surface area contributed by atoms with E-state index >= 15 is 0 Å². The maximum absolute atomic E-state index is 4.26. The molecule has 0 radical (unpaired) electrons. The largest absolute Gasteiger partial charge is 0.307 e. The second-order valence-corrected chi connectivity index (χ2v) is 7.17. The van der Waals surface area contributed by atoms with Crippen LogP contribution in [0.1, 0.15) is 0 Å². The second kappa shape index (κ2) is 6.28. The van der Waals surface area contributed by atoms with Crippen LogP contribution in [0.5, 0.6) is 0 Å². The van der Waals surface area contributed by atoms with E-state index in [4.69, 9.17) is 0 Å². The zero-order valence-corrected chi connectivity index (χ0v) is 15.7. The minimum Gasteiger partial charge on any atom is -0.307 e. The van der Waals surface area contributed by atoms with Gasteiger partial charge in [0.05, 0.1) is 23.8 Å². The third-order valence-electron chi connectivity index (χ3n) is 5.59. The monoisotopic (exact) mass is 371 g/mol. The molecule has 136 valence electrons. The number of fused-ring (bicyclic) bond motifs is 3. The van der Waals surface area contributed by atoms with Gasteiger partial charge in [-0.05, 0) is 45.8 Å². The van der Waals surface area contributed by atoms with Crippen molar-refractivity contribution in [1.29, 1.82) is 0 Å². The Balaban J connectivity index is 1.67. The summed E-state index contributed by atoms with van der Waals surface area (Å²) >= 11 is 0. The molecule has 0 N–H and O–H groups in total. The molecule has 3 nitrogen and oxygen atoms in total. The molecule has 0 aliphatic heterocycles. The van der Waals surface area contributed by atoms with E-state index in [0.29, 0.717) is 0 Å². The summed E-state index contributed by atoms with van der Waals surface area (Å²) in [6.07, 6.45) is 5.28. The summed E-state index contributed by atoms with van der Waals surface area (Å²) in [5.41, 5.74) is 8.35. The minimum absolute atomic E-state index is 0.940. The molecule has 6 rings (SSSR count). The summed E-state index contributed by atoms with van der Waals surface area (Å²) in [6.45, 7) is 0. The van der Waals surface area contributed by atoms with E-state index in [1.165, 1.54) is 33.0 Å². The van der Waals surface area contributed by atoms with Crippen LogP contribution in [0, 0.1) is 0 Å². The number of nitrogens with zero attached hydrogens (tertiary/aromatic N) is 3. The van der Waals surface area contributed by atoms with Gasteiger partial charge >= 0.3 is 0 Å². The normalized spacial score (nSPS) is 11.4. The van der Waals surface area contributed by atoms with Gasteiger partial charge in [0.1, 0.15) is 6.33 Å². The molecule has 0 bridgehead atoms. The van der Waals surface area contributed by atoms with Gasteiger partial charge in [-0.3, -0.25) is 0 Å². The van der Waals surface area contributed by atoms with E-state index in [1.54, 1.807) is 6.33 Å². The van der Waals surface area contributed by atoms with Crippen molar-refractivity contribution in [2.45, 2.75) is 0 Å². The molecule has 0 amide bonds. The van der Waals surface area contributed by atoms with E-state index in [-0.39, 0.29) is 0 Å². The van der Waals surface area contributed by atoms with Gasteiger partial charge < -0.3 is 4.90 Å². The SMILES string of the molecule is c1ccc(N(c2cncnc2)c2ccc3c4c(cccc24)-c2ccccc2-3)cc1. The molecular formula is C26H17N3. The van der Waals surface area contributed by atoms with Crippen LogP contribution in [0.25, 0.3) is 33.0 Å². The smallest absolute Gasteiger partial charge is 0.115 e. The fraction of sp³-hybridized carbons (Fsp3) is 0. The average Bonchev–Trinajstić information content (AvgIpc) is 3.13. The Kier molecular flexibility index (Phi) is 3.47. The number of benzene rings is 4. The molecule has 0 fully saturated rings. The van der Waals surface area contributed by atoms with E-state index < -0.39 is 0 Å². The van der Waals surface area contributed by atoms with E-state index in [9.17, 15) is 0 Å². The molecule has 1 aliphatic rings. The molecule has 1 aromatic heterocycles. The standard InChI is InChI=1S/C26H17N3/c1-2-7-18(8-3-1)29(19-15-27-17-28-16-19)25-14-13-23-21-10-5-4-9-20(21)22-11-6-12-24(25)26(22)23/h1-17H. The first-order chi connectivity index (χ1) is 14.4. The lowest BCUT2D eigenvalue weighted by atomic mass is 10.0. The van der Waals surface area contributed by atoms with E-state index in [0.717, 1.165) is 17.1 Å². The quantitative estimate of drug-likeness (QED) is 0.345. The van der Waals surface area contributed by atoms with Gasteiger partial charge in [0.25, 0.3) is 0 Å². The van der Waals surface area contributed by atoms with Gasteiger partial charge in [0, 0.05) is 11.1 Å². The van der Waals surface area contributed by atoms with Crippen LogP contribution in [-0.4, -0.2) is 9.97 Å². The van der Waals surface area contributed by atoms with Crippen molar-refractivity contribution in [3.05, 3.63) is 104 Å². The van der Waals surface area contributed by atoms with Crippen LogP contribution in [-0.2, 0) is 0 Å². The molecule has 0 saturated heterocycles. The number of rotatable bonds is 3. The van der Waals surface area contributed by atoms with Crippen molar-refractivity contribution in [2.24, 2.45) is 0 Å². The predicted octanol–water partition coefficient (Wildman–Crippen LogP) is 6.75. The summed E-state index contributed by atoms with van der Waals surface area (Å²) in [6, 6.07) is 30.1. The molecule has 5 aromatic rings. The van der Waals surface area contributed by atoms with Gasteiger partial charge in [-0.1, -0.05) is 66.7 Å². The Bertz CT molecular complexity index is 1280. The van der Waals surface area contributed by atoms with Crippen molar-refractivity contribution < 1.29 is 0 Å². The van der Waals surface area contributed by atoms with Crippen molar-refractivity contribution in [1.82, 2.24) is 9.97 Å². The highest BCUT2D eigenvalue weighted by atomic mass is 15.2. The fourth-order valence-corrected chi connectivity index (χ4v) is 4.40. The average molecular weight is 371 g/mol. The Hall–Kier alpha value is -3.98. The zero-order valence-electron chi connectivity index (χ0n) is 15.7. The van der Waals surface area contributed by atoms with Crippen LogP contribution in [0.4, 0.5) is 17.1 Å².